The number of aryl methyl sites for hydroxylation is 3. The van der Waals surface area contributed by atoms with Gasteiger partial charge in [-0.2, -0.15) is 0 Å². The van der Waals surface area contributed by atoms with Gasteiger partial charge in [-0.15, -0.1) is 0 Å². The van der Waals surface area contributed by atoms with Crippen LogP contribution in [-0.4, -0.2) is 241 Å². The molecule has 742 valence electrons. The summed E-state index contributed by atoms with van der Waals surface area (Å²) in [5.41, 5.74) is 18.6. The van der Waals surface area contributed by atoms with Gasteiger partial charge >= 0.3 is 0 Å². The van der Waals surface area contributed by atoms with E-state index in [-0.39, 0.29) is 105 Å². The molecule has 8 aromatic rings. The number of anilines is 1. The van der Waals surface area contributed by atoms with Crippen LogP contribution >= 0.6 is 48.3 Å². The number of ether oxygens (including phenoxy) is 3. The topological polar surface area (TPSA) is 367 Å². The molecule has 0 aliphatic heterocycles. The number of unbranched alkanes of at least 4 members (excludes halogenated alkanes) is 3. The number of nitrogens with one attached hydrogen (secondary N) is 1. The van der Waals surface area contributed by atoms with E-state index in [1.807, 2.05) is 71.7 Å². The number of thiocarbonyl (C=S) groups is 3. The average molecular weight is 1940 g/mol. The number of hydrogen-bond donors (Lipinski definition) is 17. The lowest BCUT2D eigenvalue weighted by atomic mass is 9.82. The lowest BCUT2D eigenvalue weighted by Gasteiger charge is -2.26. The second-order valence-electron chi connectivity index (χ2n) is 33.7. The van der Waals surface area contributed by atoms with E-state index in [2.05, 4.69) is 127 Å². The van der Waals surface area contributed by atoms with E-state index in [1.165, 1.54) is 62.9 Å². The number of aliphatic hydroxyl groups excluding tert-OH is 16. The smallest absolute Gasteiger partial charge is 0.126 e. The lowest BCUT2D eigenvalue weighted by molar-refractivity contribution is 0.119. The summed E-state index contributed by atoms with van der Waals surface area (Å²) < 4.78 is 16.6. The average Bonchev–Trinajstić information content (AvgIpc) is 0.843. The molecule has 8 aromatic carbocycles. The van der Waals surface area contributed by atoms with Crippen molar-refractivity contribution >= 4 is 86.9 Å². The first-order valence-corrected chi connectivity index (χ1v) is 49.9. The van der Waals surface area contributed by atoms with Crippen molar-refractivity contribution < 1.29 is 95.9 Å². The molecule has 0 heterocycles. The van der Waals surface area contributed by atoms with Gasteiger partial charge in [0.2, 0.25) is 0 Å². The fourth-order valence-electron chi connectivity index (χ4n) is 15.4. The van der Waals surface area contributed by atoms with E-state index in [0.29, 0.717) is 138 Å². The van der Waals surface area contributed by atoms with Gasteiger partial charge in [-0.3, -0.25) is 0 Å². The minimum absolute atomic E-state index is 0.00346. The SMILES string of the molecule is OC1CCCC(c2ccc(Cc3ccc(Cl)cc3)cc2)C1.OCC/C=C/c1cc(/C=C/CCO)cc(/C=C/CCO)c1.OCCCC(=S)c1cc(C(=S)CCCO)cc(C(=S)NCCO)c1.OCCCCc1cc(CCCCO)cc(CCCCO)c1.OCCCOc1cc(OCCCO)cc(OCCCO)c1.OCCN(CCO)c1ccc(Cc2ccc(C3CCCC(O)C3)cc2)cc1. The maximum atomic E-state index is 9.89. The zero-order valence-electron chi connectivity index (χ0n) is 79.0. The first-order valence-electron chi connectivity index (χ1n) is 48.3. The van der Waals surface area contributed by atoms with Crippen LogP contribution in [0.15, 0.2) is 188 Å². The molecule has 0 amide bonds. The maximum absolute atomic E-state index is 9.89. The van der Waals surface area contributed by atoms with E-state index in [9.17, 15) is 10.2 Å². The van der Waals surface area contributed by atoms with E-state index < -0.39 is 0 Å². The number of nitrogens with zero attached hydrogens (tertiary/aromatic N) is 1. The molecule has 0 radical (unpaired) electrons. The van der Waals surface area contributed by atoms with Crippen LogP contribution in [0.2, 0.25) is 5.02 Å². The Labute approximate surface area is 823 Å². The summed E-state index contributed by atoms with van der Waals surface area (Å²) in [6.07, 6.45) is 36.4. The highest BCUT2D eigenvalue weighted by atomic mass is 35.5. The number of halogens is 1. The fraction of sp³-hybridized carbons (Fsp3) is 0.482. The first kappa shape index (κ1) is 117. The maximum Gasteiger partial charge on any atom is 0.126 e. The highest BCUT2D eigenvalue weighted by molar-refractivity contribution is 7.81. The number of benzene rings is 8. The van der Waals surface area contributed by atoms with Crippen LogP contribution in [0.5, 0.6) is 17.2 Å². The monoisotopic (exact) mass is 1940 g/mol. The lowest BCUT2D eigenvalue weighted by Crippen LogP contribution is -2.29. The minimum Gasteiger partial charge on any atom is -0.493 e. The van der Waals surface area contributed by atoms with Crippen molar-refractivity contribution in [3.8, 4) is 17.2 Å². The third-order valence-corrected chi connectivity index (χ3v) is 24.0. The van der Waals surface area contributed by atoms with Gasteiger partial charge < -0.3 is 106 Å². The Hall–Kier alpha value is -8.10. The normalized spacial score (nSPS) is 14.5. The van der Waals surface area contributed by atoms with Gasteiger partial charge in [0, 0.05) is 156 Å². The van der Waals surface area contributed by atoms with Gasteiger partial charge in [0.25, 0.3) is 0 Å². The van der Waals surface area contributed by atoms with Crippen LogP contribution in [0, 0.1) is 0 Å². The molecule has 2 fully saturated rings. The summed E-state index contributed by atoms with van der Waals surface area (Å²) in [7, 11) is 0. The molecule has 2 saturated carbocycles. The predicted octanol–water partition coefficient (Wildman–Crippen LogP) is 16.4. The Kier molecular flexibility index (Phi) is 64.4. The Bertz CT molecular complexity index is 4140. The summed E-state index contributed by atoms with van der Waals surface area (Å²) in [5.74, 6) is 2.82. The van der Waals surface area contributed by atoms with Crippen molar-refractivity contribution in [1.82, 2.24) is 5.32 Å². The molecular weight excluding hydrogens is 1780 g/mol. The minimum atomic E-state index is -0.141. The van der Waals surface area contributed by atoms with E-state index >= 15 is 0 Å². The van der Waals surface area contributed by atoms with Gasteiger partial charge in [0.15, 0.2) is 0 Å². The molecule has 0 bridgehead atoms. The van der Waals surface area contributed by atoms with Crippen molar-refractivity contribution in [2.75, 3.05) is 137 Å². The summed E-state index contributed by atoms with van der Waals surface area (Å²) in [5, 5.41) is 148. The summed E-state index contributed by atoms with van der Waals surface area (Å²) in [4.78, 5) is 4.02. The zero-order valence-corrected chi connectivity index (χ0v) is 82.2. The first-order chi connectivity index (χ1) is 65.8. The largest absolute Gasteiger partial charge is 0.493 e. The Balaban J connectivity index is 0.000000287. The fourth-order valence-corrected chi connectivity index (χ4v) is 16.3. The molecule has 25 heteroatoms. The molecule has 0 spiro atoms. The molecule has 2 aliphatic rings. The van der Waals surface area contributed by atoms with Crippen LogP contribution < -0.4 is 24.4 Å². The van der Waals surface area contributed by atoms with Gasteiger partial charge in [0.1, 0.15) is 22.2 Å². The Morgan fingerprint density at radius 2 is 0.681 bits per heavy atom. The van der Waals surface area contributed by atoms with E-state index in [1.54, 1.807) is 18.2 Å². The Morgan fingerprint density at radius 3 is 1.00 bits per heavy atom. The highest BCUT2D eigenvalue weighted by Gasteiger charge is 2.24. The quantitative estimate of drug-likeness (QED) is 0.00956. The predicted molar refractivity (Wildman–Crippen MR) is 560 cm³/mol. The molecule has 0 aromatic heterocycles. The number of hydrogen-bond acceptors (Lipinski definition) is 23. The van der Waals surface area contributed by atoms with Crippen LogP contribution in [0.25, 0.3) is 18.2 Å². The van der Waals surface area contributed by atoms with Crippen LogP contribution in [0.1, 0.15) is 249 Å². The second-order valence-corrected chi connectivity index (χ2v) is 35.5. The van der Waals surface area contributed by atoms with Crippen molar-refractivity contribution in [1.29, 1.82) is 0 Å². The van der Waals surface area contributed by atoms with Crippen molar-refractivity contribution in [2.45, 2.75) is 210 Å². The molecule has 21 nitrogen and oxygen atoms in total. The molecule has 0 saturated heterocycles. The zero-order chi connectivity index (χ0) is 97.7. The van der Waals surface area contributed by atoms with Gasteiger partial charge in [-0.25, -0.2) is 0 Å². The van der Waals surface area contributed by atoms with Crippen molar-refractivity contribution in [3.63, 3.8) is 0 Å². The molecular formula is C110H153ClN2O19S3. The third kappa shape index (κ3) is 50.9. The summed E-state index contributed by atoms with van der Waals surface area (Å²) >= 11 is 22.2. The summed E-state index contributed by atoms with van der Waals surface area (Å²) in [6.45, 7) is 4.46. The standard InChI is InChI=1S/C23H31NO3.C19H21ClO.C18H30O3.C18H24O3.C17H23NO3S3.C15H24O6/c25-14-12-24(13-15-26)22-10-6-19(7-11-22)16-18-4-8-20(9-5-18)21-2-1-3-23(27)17-21;20-18-10-6-15(7-11-18)12-14-4-8-16(9-5-14)17-2-1-3-19(21)13-17;2*19-10-4-1-7-16-13-17(8-2-5-11-20)15-18(14-16)9-3-6-12-21;19-6-1-3-15(22)12-9-13(16(23)4-2-7-20)11-14(10-12)17(24)18-5-8-21;16-4-1-7-19-13-10-14(20-8-2-5-17)12-15(11-13)21-9-3-6-18/h4-11,21,23,25-27H,1-3,12-17H2;4-11,17,19,21H,1-3,12-13H2;13-15,19-21H,1-12H2;1-3,7-9,13-15,19-21H,4-6,10-12H2;9-11,19-21H,1-8H2,(H,18,24);10-12,16-18H,1-9H2/b;;;7-1+,8-2+,9-3+;;. The number of aliphatic hydroxyl groups is 16. The van der Waals surface area contributed by atoms with Gasteiger partial charge in [0.05, 0.1) is 51.8 Å². The highest BCUT2D eigenvalue weighted by Crippen LogP contribution is 2.36. The second kappa shape index (κ2) is 74.0. The molecule has 10 rings (SSSR count). The molecule has 17 N–H and O–H groups in total. The third-order valence-electron chi connectivity index (χ3n) is 22.4. The van der Waals surface area contributed by atoms with Crippen LogP contribution in [0.4, 0.5) is 5.69 Å². The van der Waals surface area contributed by atoms with Crippen molar-refractivity contribution in [3.05, 3.63) is 277 Å². The van der Waals surface area contributed by atoms with Crippen LogP contribution in [-0.2, 0) is 32.1 Å². The number of rotatable bonds is 55. The Morgan fingerprint density at radius 1 is 0.348 bits per heavy atom. The molecule has 4 unspecified atom stereocenters. The molecule has 4 atom stereocenters. The van der Waals surface area contributed by atoms with Gasteiger partial charge in [-0.05, 0) is 304 Å². The van der Waals surface area contributed by atoms with Crippen molar-refractivity contribution in [2.24, 2.45) is 0 Å². The van der Waals surface area contributed by atoms with Gasteiger partial charge in [-0.1, -0.05) is 189 Å². The van der Waals surface area contributed by atoms with Crippen LogP contribution in [0.3, 0.4) is 0 Å². The molecule has 2 aliphatic carbocycles. The molecule has 135 heavy (non-hydrogen) atoms. The van der Waals surface area contributed by atoms with E-state index in [4.69, 9.17) is 134 Å². The van der Waals surface area contributed by atoms with E-state index in [0.717, 1.165) is 163 Å². The summed E-state index contributed by atoms with van der Waals surface area (Å²) in [6, 6.07) is 58.1.